The minimum Gasteiger partial charge on any atom is -0.274 e. The highest BCUT2D eigenvalue weighted by molar-refractivity contribution is 7.92. The number of aromatic nitrogens is 2. The molecule has 2 aliphatic carbocycles. The van der Waals surface area contributed by atoms with E-state index >= 15 is 0 Å². The second-order valence-corrected chi connectivity index (χ2v) is 9.74. The first-order valence-corrected chi connectivity index (χ1v) is 11.2. The highest BCUT2D eigenvalue weighted by Gasteiger charge is 2.59. The fraction of sp³-hybridized carbons (Fsp3) is 0.333. The molecule has 0 radical (unpaired) electrons. The maximum atomic E-state index is 12.9. The first kappa shape index (κ1) is 18.9. The third kappa shape index (κ3) is 2.84. The molecule has 2 fully saturated rings. The van der Waals surface area contributed by atoms with Gasteiger partial charge in [0.2, 0.25) is 11.8 Å². The molecule has 30 heavy (non-hydrogen) atoms. The standard InChI is InChI=1S/C21H20N4O4S/c1-11-9-17(23-12(2)22-11)24-30(28,29)16-7-5-15(6-8-16)25-20(26)18-13-3-4-14(10-13)19(18)21(25)27/h3-9,13-14,18-19H,10H2,1-2H3,(H,22,23,24)/t13-,14-,18+,19+/m0/s1. The monoisotopic (exact) mass is 424 g/mol. The molecule has 2 aromatic rings. The molecule has 154 valence electrons. The second-order valence-electron chi connectivity index (χ2n) is 8.05. The zero-order chi connectivity index (χ0) is 21.2. The Balaban J connectivity index is 1.39. The number of hydrogen-bond acceptors (Lipinski definition) is 6. The summed E-state index contributed by atoms with van der Waals surface area (Å²) in [5.74, 6) is -0.0586. The number of nitrogens with one attached hydrogen (secondary N) is 1. The van der Waals surface area contributed by atoms with Crippen LogP contribution in [0.2, 0.25) is 0 Å². The smallest absolute Gasteiger partial charge is 0.263 e. The van der Waals surface area contributed by atoms with E-state index in [2.05, 4.69) is 14.7 Å². The molecule has 2 heterocycles. The summed E-state index contributed by atoms with van der Waals surface area (Å²) in [4.78, 5) is 35.2. The van der Waals surface area contributed by atoms with Crippen LogP contribution in [0.3, 0.4) is 0 Å². The Bertz CT molecular complexity index is 1160. The van der Waals surface area contributed by atoms with Crippen molar-refractivity contribution in [2.75, 3.05) is 9.62 Å². The number of allylic oxidation sites excluding steroid dienone is 2. The lowest BCUT2D eigenvalue weighted by atomic mass is 9.85. The molecular weight excluding hydrogens is 404 g/mol. The summed E-state index contributed by atoms with van der Waals surface area (Å²) in [6.45, 7) is 3.43. The quantitative estimate of drug-likeness (QED) is 0.595. The fourth-order valence-corrected chi connectivity index (χ4v) is 5.89. The van der Waals surface area contributed by atoms with Crippen LogP contribution in [0.1, 0.15) is 17.9 Å². The van der Waals surface area contributed by atoms with Crippen molar-refractivity contribution >= 4 is 33.3 Å². The lowest BCUT2D eigenvalue weighted by Crippen LogP contribution is -2.32. The Kier molecular flexibility index (Phi) is 4.08. The van der Waals surface area contributed by atoms with Gasteiger partial charge in [-0.05, 0) is 56.4 Å². The molecule has 1 aromatic carbocycles. The number of rotatable bonds is 4. The van der Waals surface area contributed by atoms with Crippen LogP contribution < -0.4 is 9.62 Å². The molecule has 0 unspecified atom stereocenters. The van der Waals surface area contributed by atoms with Crippen molar-refractivity contribution in [3.05, 3.63) is 54.0 Å². The van der Waals surface area contributed by atoms with Crippen molar-refractivity contribution in [2.45, 2.75) is 25.2 Å². The molecule has 1 aromatic heterocycles. The van der Waals surface area contributed by atoms with Crippen LogP contribution in [0.15, 0.2) is 47.4 Å². The molecule has 5 rings (SSSR count). The van der Waals surface area contributed by atoms with Gasteiger partial charge in [-0.25, -0.2) is 18.4 Å². The summed E-state index contributed by atoms with van der Waals surface area (Å²) in [5, 5.41) is 0. The predicted octanol–water partition coefficient (Wildman–Crippen LogP) is 2.21. The van der Waals surface area contributed by atoms with Crippen LogP contribution in [0.25, 0.3) is 0 Å². The highest BCUT2D eigenvalue weighted by atomic mass is 32.2. The number of nitrogens with zero attached hydrogens (tertiary/aromatic N) is 3. The van der Waals surface area contributed by atoms with Gasteiger partial charge >= 0.3 is 0 Å². The van der Waals surface area contributed by atoms with Gasteiger partial charge in [-0.15, -0.1) is 0 Å². The van der Waals surface area contributed by atoms with Gasteiger partial charge in [0.05, 0.1) is 22.4 Å². The first-order chi connectivity index (χ1) is 14.2. The van der Waals surface area contributed by atoms with E-state index in [4.69, 9.17) is 0 Å². The molecule has 4 atom stereocenters. The van der Waals surface area contributed by atoms with Crippen LogP contribution in [-0.4, -0.2) is 30.2 Å². The number of benzene rings is 1. The Morgan fingerprint density at radius 3 is 2.13 bits per heavy atom. The number of anilines is 2. The van der Waals surface area contributed by atoms with Crippen molar-refractivity contribution < 1.29 is 18.0 Å². The second kappa shape index (κ2) is 6.46. The van der Waals surface area contributed by atoms with Crippen LogP contribution in [-0.2, 0) is 19.6 Å². The van der Waals surface area contributed by atoms with Gasteiger partial charge in [-0.1, -0.05) is 12.2 Å². The number of amides is 2. The third-order valence-corrected chi connectivity index (χ3v) is 7.45. The molecule has 0 spiro atoms. The zero-order valence-electron chi connectivity index (χ0n) is 16.4. The van der Waals surface area contributed by atoms with Crippen molar-refractivity contribution in [3.8, 4) is 0 Å². The summed E-state index contributed by atoms with van der Waals surface area (Å²) in [6.07, 6.45) is 4.95. The maximum absolute atomic E-state index is 12.9. The normalized spacial score (nSPS) is 27.1. The van der Waals surface area contributed by atoms with E-state index in [1.807, 2.05) is 12.2 Å². The Morgan fingerprint density at radius 1 is 0.967 bits per heavy atom. The summed E-state index contributed by atoms with van der Waals surface area (Å²) in [6, 6.07) is 7.32. The average molecular weight is 424 g/mol. The summed E-state index contributed by atoms with van der Waals surface area (Å²) >= 11 is 0. The lowest BCUT2D eigenvalue weighted by Gasteiger charge is -2.17. The molecule has 2 bridgehead atoms. The van der Waals surface area contributed by atoms with E-state index in [0.29, 0.717) is 17.2 Å². The summed E-state index contributed by atoms with van der Waals surface area (Å²) in [7, 11) is -3.88. The largest absolute Gasteiger partial charge is 0.274 e. The average Bonchev–Trinajstić information content (AvgIpc) is 3.34. The minimum absolute atomic E-state index is 0.0150. The Hall–Kier alpha value is -3.07. The number of hydrogen-bond donors (Lipinski definition) is 1. The van der Waals surface area contributed by atoms with E-state index in [1.54, 1.807) is 19.9 Å². The topological polar surface area (TPSA) is 109 Å². The van der Waals surface area contributed by atoms with E-state index < -0.39 is 10.0 Å². The molecule has 8 nitrogen and oxygen atoms in total. The first-order valence-electron chi connectivity index (χ1n) is 9.76. The molecule has 3 aliphatic rings. The van der Waals surface area contributed by atoms with Crippen LogP contribution in [0.5, 0.6) is 0 Å². The van der Waals surface area contributed by atoms with Gasteiger partial charge in [0.1, 0.15) is 11.6 Å². The van der Waals surface area contributed by atoms with Gasteiger partial charge in [-0.3, -0.25) is 19.2 Å². The number of aryl methyl sites for hydroxylation is 2. The Labute approximate surface area is 174 Å². The van der Waals surface area contributed by atoms with Gasteiger partial charge in [0, 0.05) is 11.8 Å². The molecule has 1 saturated carbocycles. The summed E-state index contributed by atoms with van der Waals surface area (Å²) in [5.41, 5.74) is 1.04. The number of carbonyl (C=O) groups excluding carboxylic acids is 2. The SMILES string of the molecule is Cc1cc(NS(=O)(=O)c2ccc(N3C(=O)[C@H]4[C@H](C3=O)[C@H]3C=C[C@H]4C3)cc2)nc(C)n1. The fourth-order valence-electron chi connectivity index (χ4n) is 4.90. The van der Waals surface area contributed by atoms with E-state index in [-0.39, 0.29) is 46.2 Å². The van der Waals surface area contributed by atoms with Crippen LogP contribution in [0, 0.1) is 37.5 Å². The van der Waals surface area contributed by atoms with E-state index in [1.165, 1.54) is 29.2 Å². The molecule has 1 aliphatic heterocycles. The third-order valence-electron chi connectivity index (χ3n) is 6.08. The van der Waals surface area contributed by atoms with Crippen molar-refractivity contribution in [1.29, 1.82) is 0 Å². The molecular formula is C21H20N4O4S. The van der Waals surface area contributed by atoms with E-state index in [0.717, 1.165) is 6.42 Å². The Morgan fingerprint density at radius 2 is 1.57 bits per heavy atom. The van der Waals surface area contributed by atoms with Crippen LogP contribution in [0.4, 0.5) is 11.5 Å². The molecule has 9 heteroatoms. The molecule has 1 saturated heterocycles. The zero-order valence-corrected chi connectivity index (χ0v) is 17.3. The lowest BCUT2D eigenvalue weighted by molar-refractivity contribution is -0.123. The van der Waals surface area contributed by atoms with Gasteiger partial charge in [0.15, 0.2) is 0 Å². The highest BCUT2D eigenvalue weighted by Crippen LogP contribution is 2.53. The van der Waals surface area contributed by atoms with Crippen molar-refractivity contribution in [2.24, 2.45) is 23.7 Å². The van der Waals surface area contributed by atoms with Gasteiger partial charge in [0.25, 0.3) is 10.0 Å². The number of carbonyl (C=O) groups is 2. The number of fused-ring (bicyclic) bond motifs is 5. The van der Waals surface area contributed by atoms with Crippen molar-refractivity contribution in [1.82, 2.24) is 9.97 Å². The minimum atomic E-state index is -3.88. The predicted molar refractivity (Wildman–Crippen MR) is 109 cm³/mol. The number of imide groups is 1. The van der Waals surface area contributed by atoms with Gasteiger partial charge in [-0.2, -0.15) is 0 Å². The van der Waals surface area contributed by atoms with E-state index in [9.17, 15) is 18.0 Å². The maximum Gasteiger partial charge on any atom is 0.263 e. The number of sulfonamides is 1. The molecule has 2 amide bonds. The van der Waals surface area contributed by atoms with Crippen molar-refractivity contribution in [3.63, 3.8) is 0 Å². The van der Waals surface area contributed by atoms with Gasteiger partial charge < -0.3 is 0 Å². The van der Waals surface area contributed by atoms with Crippen LogP contribution >= 0.6 is 0 Å². The summed E-state index contributed by atoms with van der Waals surface area (Å²) < 4.78 is 27.9. The molecule has 1 N–H and O–H groups in total.